The van der Waals surface area contributed by atoms with Crippen molar-refractivity contribution < 1.29 is 44.2 Å². The fraction of sp³-hybridized carbons (Fsp3) is 0.806. The molecule has 1 fully saturated rings. The highest BCUT2D eigenvalue weighted by Crippen LogP contribution is 2.34. The normalized spacial score (nSPS) is 40.6. The minimum Gasteiger partial charge on any atom is -0.462 e. The molecule has 0 spiro atoms. The molecule has 236 valence electrons. The van der Waals surface area contributed by atoms with Gasteiger partial charge in [-0.05, 0) is 65.6 Å². The van der Waals surface area contributed by atoms with Crippen LogP contribution in [0.5, 0.6) is 0 Å². The van der Waals surface area contributed by atoms with Crippen LogP contribution < -0.4 is 0 Å². The van der Waals surface area contributed by atoms with E-state index in [2.05, 4.69) is 0 Å². The molecule has 1 saturated heterocycles. The van der Waals surface area contributed by atoms with Crippen molar-refractivity contribution in [2.24, 2.45) is 23.7 Å². The standard InChI is InChI=1S/C31H53NO9/c1-8-27-23(17-34)13-18(2)9-10-25(35)19(3)14-22(11-12-33)30(21(5)26(36)16-28(37)40-27)41-31-29(38)24(32(6)7)15-20(4)39-31/h9-10,13,19-24,26-27,29-31,33-34,36,38H,8,11-12,14-17H2,1-7H3/b10-9+,18-13+/t19-,20-,21+,22+,23+,24+,26+,27+,29-,30+,31+/m0/s1. The summed E-state index contributed by atoms with van der Waals surface area (Å²) in [5.41, 5.74) is 0.751. The summed E-state index contributed by atoms with van der Waals surface area (Å²) in [6, 6.07) is -0.214. The first-order valence-electron chi connectivity index (χ1n) is 15.0. The largest absolute Gasteiger partial charge is 0.462 e. The van der Waals surface area contributed by atoms with E-state index in [0.29, 0.717) is 19.3 Å². The fourth-order valence-corrected chi connectivity index (χ4v) is 5.94. The van der Waals surface area contributed by atoms with Crippen molar-refractivity contribution in [3.8, 4) is 0 Å². The number of esters is 1. The van der Waals surface area contributed by atoms with Crippen molar-refractivity contribution in [2.75, 3.05) is 27.3 Å². The van der Waals surface area contributed by atoms with Gasteiger partial charge in [0.05, 0.1) is 31.3 Å². The molecule has 10 heteroatoms. The van der Waals surface area contributed by atoms with Crippen LogP contribution in [0.4, 0.5) is 0 Å². The molecule has 2 rings (SSSR count). The number of allylic oxidation sites excluding steroid dienone is 3. The minimum absolute atomic E-state index is 0.103. The smallest absolute Gasteiger partial charge is 0.308 e. The quantitative estimate of drug-likeness (QED) is 0.329. The number of carbonyl (C=O) groups excluding carboxylic acids is 2. The Morgan fingerprint density at radius 3 is 2.34 bits per heavy atom. The average Bonchev–Trinajstić information content (AvgIpc) is 2.92. The molecule has 11 atom stereocenters. The van der Waals surface area contributed by atoms with Gasteiger partial charge in [0.25, 0.3) is 0 Å². The number of hydrogen-bond acceptors (Lipinski definition) is 10. The molecule has 0 bridgehead atoms. The summed E-state index contributed by atoms with van der Waals surface area (Å²) in [7, 11) is 3.76. The summed E-state index contributed by atoms with van der Waals surface area (Å²) >= 11 is 0. The first kappa shape index (κ1) is 35.5. The van der Waals surface area contributed by atoms with E-state index < -0.39 is 54.4 Å². The number of hydrogen-bond donors (Lipinski definition) is 4. The van der Waals surface area contributed by atoms with Crippen LogP contribution in [0, 0.1) is 23.7 Å². The summed E-state index contributed by atoms with van der Waals surface area (Å²) in [5.74, 6) is -2.61. The van der Waals surface area contributed by atoms with Gasteiger partial charge >= 0.3 is 5.97 Å². The van der Waals surface area contributed by atoms with Gasteiger partial charge in [-0.1, -0.05) is 38.5 Å². The van der Waals surface area contributed by atoms with Crippen molar-refractivity contribution in [3.05, 3.63) is 23.8 Å². The van der Waals surface area contributed by atoms with E-state index in [1.807, 2.05) is 46.7 Å². The van der Waals surface area contributed by atoms with Gasteiger partial charge in [0.1, 0.15) is 12.2 Å². The second-order valence-electron chi connectivity index (χ2n) is 12.1. The van der Waals surface area contributed by atoms with Crippen LogP contribution in [0.2, 0.25) is 0 Å². The maximum atomic E-state index is 13.1. The number of likely N-dealkylation sites (N-methyl/N-ethyl adjacent to an activating group) is 1. The fourth-order valence-electron chi connectivity index (χ4n) is 5.94. The predicted molar refractivity (Wildman–Crippen MR) is 155 cm³/mol. The Hall–Kier alpha value is -1.66. The first-order chi connectivity index (χ1) is 19.3. The van der Waals surface area contributed by atoms with Crippen LogP contribution in [0.15, 0.2) is 23.8 Å². The average molecular weight is 584 g/mol. The Morgan fingerprint density at radius 1 is 1.07 bits per heavy atom. The second-order valence-corrected chi connectivity index (χ2v) is 12.1. The number of cyclic esters (lactones) is 1. The SMILES string of the molecule is CC[C@H]1OC(=O)C[C@@H](O)[C@@H](C)[C@@H](O[C@H]2O[C@@H](C)C[C@@H](N(C)C)[C@@H]2O)[C@H](CCO)C[C@H](C)C(=O)/C=C/C(C)=C/[C@@H]1CO. The van der Waals surface area contributed by atoms with Gasteiger partial charge in [0.15, 0.2) is 12.1 Å². The lowest BCUT2D eigenvalue weighted by Crippen LogP contribution is -2.56. The molecule has 0 aromatic rings. The highest BCUT2D eigenvalue weighted by atomic mass is 16.7. The molecular formula is C31H53NO9. The summed E-state index contributed by atoms with van der Waals surface area (Å²) in [5, 5.41) is 42.4. The van der Waals surface area contributed by atoms with Crippen LogP contribution in [0.3, 0.4) is 0 Å². The molecule has 2 aliphatic heterocycles. The zero-order valence-electron chi connectivity index (χ0n) is 25.8. The van der Waals surface area contributed by atoms with E-state index in [1.54, 1.807) is 19.1 Å². The summed E-state index contributed by atoms with van der Waals surface area (Å²) in [4.78, 5) is 28.0. The molecular weight excluding hydrogens is 530 g/mol. The van der Waals surface area contributed by atoms with E-state index in [9.17, 15) is 30.0 Å². The Bertz CT molecular complexity index is 891. The topological polar surface area (TPSA) is 146 Å². The van der Waals surface area contributed by atoms with Crippen molar-refractivity contribution in [3.63, 3.8) is 0 Å². The summed E-state index contributed by atoms with van der Waals surface area (Å²) < 4.78 is 18.2. The van der Waals surface area contributed by atoms with Gasteiger partial charge in [0, 0.05) is 30.4 Å². The molecule has 0 aliphatic carbocycles. The molecule has 0 aromatic carbocycles. The molecule has 41 heavy (non-hydrogen) atoms. The molecule has 0 unspecified atom stereocenters. The highest BCUT2D eigenvalue weighted by Gasteiger charge is 2.43. The molecule has 4 N–H and O–H groups in total. The highest BCUT2D eigenvalue weighted by molar-refractivity contribution is 5.91. The first-order valence-corrected chi connectivity index (χ1v) is 15.0. The number of nitrogens with zero attached hydrogens (tertiary/aromatic N) is 1. The maximum absolute atomic E-state index is 13.1. The van der Waals surface area contributed by atoms with Gasteiger partial charge in [-0.2, -0.15) is 0 Å². The van der Waals surface area contributed by atoms with Gasteiger partial charge in [-0.15, -0.1) is 0 Å². The molecule has 0 radical (unpaired) electrons. The molecule has 0 saturated carbocycles. The molecule has 10 nitrogen and oxygen atoms in total. The van der Waals surface area contributed by atoms with Crippen LogP contribution >= 0.6 is 0 Å². The molecule has 2 aliphatic rings. The van der Waals surface area contributed by atoms with E-state index in [1.165, 1.54) is 6.08 Å². The van der Waals surface area contributed by atoms with E-state index in [4.69, 9.17) is 14.2 Å². The number of ketones is 1. The van der Waals surface area contributed by atoms with Gasteiger partial charge in [-0.25, -0.2) is 0 Å². The van der Waals surface area contributed by atoms with Gasteiger partial charge < -0.3 is 39.5 Å². The lowest BCUT2D eigenvalue weighted by molar-refractivity contribution is -0.283. The molecule has 0 amide bonds. The number of carbonyl (C=O) groups is 2. The van der Waals surface area contributed by atoms with E-state index in [0.717, 1.165) is 5.57 Å². The third-order valence-electron chi connectivity index (χ3n) is 8.54. The van der Waals surface area contributed by atoms with Crippen LogP contribution in [0.25, 0.3) is 0 Å². The van der Waals surface area contributed by atoms with Crippen LogP contribution in [-0.4, -0.2) is 107 Å². The maximum Gasteiger partial charge on any atom is 0.308 e. The summed E-state index contributed by atoms with van der Waals surface area (Å²) in [6.45, 7) is 8.73. The number of aliphatic hydroxyl groups excluding tert-OH is 4. The van der Waals surface area contributed by atoms with Gasteiger partial charge in [0.2, 0.25) is 0 Å². The second kappa shape index (κ2) is 16.8. The Morgan fingerprint density at radius 2 is 1.76 bits per heavy atom. The third kappa shape index (κ3) is 10.2. The predicted octanol–water partition coefficient (Wildman–Crippen LogP) is 2.23. The summed E-state index contributed by atoms with van der Waals surface area (Å²) in [6.07, 6.45) is 1.71. The minimum atomic E-state index is -1.17. The number of aliphatic hydroxyl groups is 4. The Labute approximate surface area is 245 Å². The Balaban J connectivity index is 2.49. The zero-order valence-corrected chi connectivity index (χ0v) is 25.8. The van der Waals surface area contributed by atoms with Crippen molar-refractivity contribution in [1.82, 2.24) is 4.90 Å². The van der Waals surface area contributed by atoms with Gasteiger partial charge in [-0.3, -0.25) is 9.59 Å². The van der Waals surface area contributed by atoms with Crippen molar-refractivity contribution in [2.45, 2.75) is 110 Å². The lowest BCUT2D eigenvalue weighted by atomic mass is 9.79. The van der Waals surface area contributed by atoms with E-state index >= 15 is 0 Å². The third-order valence-corrected chi connectivity index (χ3v) is 8.54. The zero-order chi connectivity index (χ0) is 30.9. The number of ether oxygens (including phenoxy) is 3. The van der Waals surface area contributed by atoms with Crippen LogP contribution in [0.1, 0.15) is 66.7 Å². The Kier molecular flexibility index (Phi) is 14.6. The van der Waals surface area contributed by atoms with E-state index in [-0.39, 0.29) is 49.9 Å². The van der Waals surface area contributed by atoms with Crippen molar-refractivity contribution in [1.29, 1.82) is 0 Å². The molecule has 0 aromatic heterocycles. The lowest BCUT2D eigenvalue weighted by Gasteiger charge is -2.44. The number of rotatable bonds is 7. The monoisotopic (exact) mass is 583 g/mol. The van der Waals surface area contributed by atoms with Crippen molar-refractivity contribution >= 4 is 11.8 Å². The molecule has 2 heterocycles. The van der Waals surface area contributed by atoms with Crippen LogP contribution in [-0.2, 0) is 23.8 Å².